The highest BCUT2D eigenvalue weighted by Gasteiger charge is 2.37. The van der Waals surface area contributed by atoms with Crippen LogP contribution in [0.5, 0.6) is 0 Å². The Balaban J connectivity index is 1.56. The van der Waals surface area contributed by atoms with E-state index in [0.29, 0.717) is 0 Å². The maximum Gasteiger partial charge on any atom is -0.0264 e. The van der Waals surface area contributed by atoms with E-state index < -0.39 is 0 Å². The van der Waals surface area contributed by atoms with Crippen molar-refractivity contribution in [3.8, 4) is 0 Å². The van der Waals surface area contributed by atoms with Crippen molar-refractivity contribution >= 4 is 0 Å². The van der Waals surface area contributed by atoms with E-state index in [1.54, 1.807) is 11.1 Å². The highest BCUT2D eigenvalue weighted by Crippen LogP contribution is 2.51. The summed E-state index contributed by atoms with van der Waals surface area (Å²) in [7, 11) is 0. The third-order valence-electron chi connectivity index (χ3n) is 4.84. The van der Waals surface area contributed by atoms with Crippen molar-refractivity contribution in [1.29, 1.82) is 0 Å². The maximum absolute atomic E-state index is 2.28. The van der Waals surface area contributed by atoms with Crippen molar-refractivity contribution in [1.82, 2.24) is 0 Å². The minimum absolute atomic E-state index is 0.916. The van der Waals surface area contributed by atoms with Gasteiger partial charge in [-0.25, -0.2) is 0 Å². The van der Waals surface area contributed by atoms with Crippen LogP contribution in [0.25, 0.3) is 0 Å². The fourth-order valence-electron chi connectivity index (χ4n) is 3.93. The van der Waals surface area contributed by atoms with Gasteiger partial charge < -0.3 is 0 Å². The van der Waals surface area contributed by atoms with Crippen LogP contribution in [0.15, 0.2) is 70.9 Å². The van der Waals surface area contributed by atoms with Crippen LogP contribution in [0.3, 0.4) is 0 Å². The molecule has 0 unspecified atom stereocenters. The van der Waals surface area contributed by atoms with Crippen LogP contribution in [0.1, 0.15) is 25.7 Å². The van der Waals surface area contributed by atoms with Gasteiger partial charge in [0.2, 0.25) is 0 Å². The summed E-state index contributed by atoms with van der Waals surface area (Å²) in [6.45, 7) is 0. The van der Waals surface area contributed by atoms with Crippen molar-refractivity contribution in [2.75, 3.05) is 0 Å². The minimum atomic E-state index is 0.916. The van der Waals surface area contributed by atoms with Crippen molar-refractivity contribution < 1.29 is 0 Å². The highest BCUT2D eigenvalue weighted by atomic mass is 14.4. The summed E-state index contributed by atoms with van der Waals surface area (Å²) >= 11 is 0. The Morgan fingerprint density at radius 1 is 0.556 bits per heavy atom. The van der Waals surface area contributed by atoms with Crippen molar-refractivity contribution in [2.45, 2.75) is 25.7 Å². The van der Waals surface area contributed by atoms with Gasteiger partial charge in [0.05, 0.1) is 0 Å². The summed E-state index contributed by atoms with van der Waals surface area (Å²) in [5.74, 6) is 1.83. The smallest absolute Gasteiger partial charge is 0.0264 e. The molecule has 0 heterocycles. The monoisotopic (exact) mass is 234 g/mol. The Labute approximate surface area is 109 Å². The van der Waals surface area contributed by atoms with Gasteiger partial charge in [0.15, 0.2) is 0 Å². The molecule has 0 aliphatic heterocycles. The molecule has 0 amide bonds. The first-order chi connectivity index (χ1) is 8.90. The summed E-state index contributed by atoms with van der Waals surface area (Å²) in [6.07, 6.45) is 23.1. The van der Waals surface area contributed by atoms with E-state index in [1.807, 2.05) is 0 Å². The topological polar surface area (TPSA) is 0 Å². The van der Waals surface area contributed by atoms with E-state index >= 15 is 0 Å². The van der Waals surface area contributed by atoms with E-state index in [-0.39, 0.29) is 0 Å². The number of hydrogen-bond donors (Lipinski definition) is 0. The largest absolute Gasteiger partial charge is 0.0624 e. The Morgan fingerprint density at radius 3 is 1.22 bits per heavy atom. The van der Waals surface area contributed by atoms with Gasteiger partial charge >= 0.3 is 0 Å². The van der Waals surface area contributed by atoms with Gasteiger partial charge in [-0.05, 0) is 48.7 Å². The second-order valence-electron chi connectivity index (χ2n) is 5.89. The fourth-order valence-corrected chi connectivity index (χ4v) is 3.93. The van der Waals surface area contributed by atoms with Gasteiger partial charge in [-0.2, -0.15) is 0 Å². The Kier molecular flexibility index (Phi) is 2.29. The first-order valence-corrected chi connectivity index (χ1v) is 7.04. The molecule has 0 saturated heterocycles. The van der Waals surface area contributed by atoms with Gasteiger partial charge in [-0.15, -0.1) is 0 Å². The molecule has 0 nitrogen and oxygen atoms in total. The standard InChI is InChI=1S/C18H18/c1-2-6-13(5-1)15-9-17-11-16(12-18(17)10-15)14-7-3-4-8-14/h1-8,17-18H,9-12H2. The first kappa shape index (κ1) is 10.4. The third-order valence-corrected chi connectivity index (χ3v) is 4.84. The molecule has 0 heteroatoms. The van der Waals surface area contributed by atoms with E-state index in [4.69, 9.17) is 0 Å². The zero-order chi connectivity index (χ0) is 11.9. The molecule has 90 valence electrons. The van der Waals surface area contributed by atoms with Gasteiger partial charge in [-0.3, -0.25) is 0 Å². The van der Waals surface area contributed by atoms with Gasteiger partial charge in [0, 0.05) is 0 Å². The Morgan fingerprint density at radius 2 is 0.889 bits per heavy atom. The summed E-state index contributed by atoms with van der Waals surface area (Å²) in [6, 6.07) is 0. The molecule has 0 atom stereocenters. The second-order valence-corrected chi connectivity index (χ2v) is 5.89. The average molecular weight is 234 g/mol. The molecule has 0 spiro atoms. The molecule has 18 heavy (non-hydrogen) atoms. The second kappa shape index (κ2) is 3.98. The van der Waals surface area contributed by atoms with Crippen molar-refractivity contribution in [3.05, 3.63) is 70.9 Å². The SMILES string of the molecule is C1=CC(=C2CC3CC(=C4C=CC=C4)CC3C2)C=C1. The predicted octanol–water partition coefficient (Wildman–Crippen LogP) is 4.65. The van der Waals surface area contributed by atoms with E-state index in [0.717, 1.165) is 11.8 Å². The zero-order valence-corrected chi connectivity index (χ0v) is 10.6. The molecule has 4 rings (SSSR count). The Hall–Kier alpha value is -1.56. The van der Waals surface area contributed by atoms with Crippen LogP contribution in [0.4, 0.5) is 0 Å². The molecule has 0 aromatic rings. The quantitative estimate of drug-likeness (QED) is 0.572. The molecular formula is C18H18. The fraction of sp³-hybridized carbons (Fsp3) is 0.333. The molecule has 0 bridgehead atoms. The predicted molar refractivity (Wildman–Crippen MR) is 76.1 cm³/mol. The third kappa shape index (κ3) is 1.59. The van der Waals surface area contributed by atoms with Crippen LogP contribution in [0.2, 0.25) is 0 Å². The summed E-state index contributed by atoms with van der Waals surface area (Å²) < 4.78 is 0. The highest BCUT2D eigenvalue weighted by molar-refractivity contribution is 5.47. The molecule has 4 aliphatic carbocycles. The number of rotatable bonds is 0. The number of hydrogen-bond acceptors (Lipinski definition) is 0. The van der Waals surface area contributed by atoms with E-state index in [1.165, 1.54) is 36.8 Å². The maximum atomic E-state index is 2.28. The van der Waals surface area contributed by atoms with Crippen molar-refractivity contribution in [2.24, 2.45) is 11.8 Å². The van der Waals surface area contributed by atoms with Crippen LogP contribution in [-0.2, 0) is 0 Å². The van der Waals surface area contributed by atoms with Gasteiger partial charge in [0.25, 0.3) is 0 Å². The van der Waals surface area contributed by atoms with Crippen LogP contribution in [-0.4, -0.2) is 0 Å². The summed E-state index contributed by atoms with van der Waals surface area (Å²) in [5.41, 5.74) is 6.41. The summed E-state index contributed by atoms with van der Waals surface area (Å²) in [4.78, 5) is 0. The lowest BCUT2D eigenvalue weighted by Crippen LogP contribution is -1.95. The van der Waals surface area contributed by atoms with Crippen LogP contribution >= 0.6 is 0 Å². The van der Waals surface area contributed by atoms with Crippen LogP contribution in [0, 0.1) is 11.8 Å². The normalized spacial score (nSPS) is 32.4. The zero-order valence-electron chi connectivity index (χ0n) is 10.6. The Bertz CT molecular complexity index is 465. The molecule has 4 aliphatic rings. The lowest BCUT2D eigenvalue weighted by molar-refractivity contribution is 0.457. The molecule has 0 radical (unpaired) electrons. The van der Waals surface area contributed by atoms with Crippen LogP contribution < -0.4 is 0 Å². The molecule has 2 saturated carbocycles. The molecule has 0 aromatic heterocycles. The molecule has 0 aromatic carbocycles. The molecular weight excluding hydrogens is 216 g/mol. The number of fused-ring (bicyclic) bond motifs is 1. The van der Waals surface area contributed by atoms with E-state index in [9.17, 15) is 0 Å². The minimum Gasteiger partial charge on any atom is -0.0624 e. The van der Waals surface area contributed by atoms with E-state index in [2.05, 4.69) is 48.6 Å². The lowest BCUT2D eigenvalue weighted by Gasteiger charge is -2.06. The lowest BCUT2D eigenvalue weighted by atomic mass is 10.00. The molecule has 0 N–H and O–H groups in total. The molecule has 2 fully saturated rings. The van der Waals surface area contributed by atoms with Gasteiger partial charge in [-0.1, -0.05) is 59.8 Å². The number of allylic oxidation sites excluding steroid dienone is 12. The summed E-state index contributed by atoms with van der Waals surface area (Å²) in [5, 5.41) is 0. The van der Waals surface area contributed by atoms with Gasteiger partial charge in [0.1, 0.15) is 0 Å². The first-order valence-electron chi connectivity index (χ1n) is 7.04. The average Bonchev–Trinajstić information content (AvgIpc) is 3.13. The van der Waals surface area contributed by atoms with Crippen molar-refractivity contribution in [3.63, 3.8) is 0 Å².